The number of anilines is 2. The minimum Gasteiger partial charge on any atom is -0.326 e. The number of nitrogens with one attached hydrogen (secondary N) is 2. The largest absolute Gasteiger partial charge is 0.326 e. The van der Waals surface area contributed by atoms with E-state index >= 15 is 0 Å². The van der Waals surface area contributed by atoms with Crippen molar-refractivity contribution in [3.8, 4) is 0 Å². The number of nitrogens with zero attached hydrogens (tertiary/aromatic N) is 2. The summed E-state index contributed by atoms with van der Waals surface area (Å²) in [5.74, 6) is -2.91. The molecule has 1 atom stereocenters. The Hall–Kier alpha value is -3.45. The molecule has 1 heterocycles. The van der Waals surface area contributed by atoms with E-state index in [9.17, 15) is 23.2 Å². The van der Waals surface area contributed by atoms with Crippen molar-refractivity contribution in [3.63, 3.8) is 0 Å². The minimum absolute atomic E-state index is 0.00238. The van der Waals surface area contributed by atoms with Gasteiger partial charge >= 0.3 is 0 Å². The zero-order chi connectivity index (χ0) is 25.1. The summed E-state index contributed by atoms with van der Waals surface area (Å²) in [5.41, 5.74) is 3.32. The first-order chi connectivity index (χ1) is 16.7. The first kappa shape index (κ1) is 24.7. The van der Waals surface area contributed by atoms with Crippen LogP contribution in [0.15, 0.2) is 72.8 Å². The van der Waals surface area contributed by atoms with Gasteiger partial charge in [-0.25, -0.2) is 13.8 Å². The van der Waals surface area contributed by atoms with Gasteiger partial charge in [0.25, 0.3) is 11.8 Å². The van der Waals surface area contributed by atoms with E-state index in [4.69, 9.17) is 12.2 Å². The summed E-state index contributed by atoms with van der Waals surface area (Å²) < 4.78 is 28.0. The molecule has 1 saturated heterocycles. The molecule has 0 saturated carbocycles. The molecule has 3 aromatic rings. The van der Waals surface area contributed by atoms with Crippen molar-refractivity contribution >= 4 is 69.0 Å². The van der Waals surface area contributed by atoms with Crippen molar-refractivity contribution in [1.29, 1.82) is 0 Å². The molecule has 178 valence electrons. The van der Waals surface area contributed by atoms with Crippen LogP contribution in [0.4, 0.5) is 20.2 Å². The van der Waals surface area contributed by atoms with Crippen LogP contribution in [0.3, 0.4) is 0 Å². The van der Waals surface area contributed by atoms with Crippen molar-refractivity contribution in [1.82, 2.24) is 10.4 Å². The summed E-state index contributed by atoms with van der Waals surface area (Å²) in [5, 5.41) is 3.70. The summed E-state index contributed by atoms with van der Waals surface area (Å²) in [6, 6.07) is 15.9. The highest BCUT2D eigenvalue weighted by Gasteiger charge is 2.45. The molecular weight excluding hydrogens is 589 g/mol. The number of amides is 3. The first-order valence-corrected chi connectivity index (χ1v) is 11.8. The van der Waals surface area contributed by atoms with E-state index in [1.807, 2.05) is 12.1 Å². The van der Waals surface area contributed by atoms with Gasteiger partial charge in [0.15, 0.2) is 0 Å². The van der Waals surface area contributed by atoms with Gasteiger partial charge in [0.2, 0.25) is 11.0 Å². The highest BCUT2D eigenvalue weighted by Crippen LogP contribution is 2.27. The van der Waals surface area contributed by atoms with Crippen LogP contribution in [0.2, 0.25) is 0 Å². The molecule has 35 heavy (non-hydrogen) atoms. The van der Waals surface area contributed by atoms with Gasteiger partial charge in [-0.2, -0.15) is 0 Å². The highest BCUT2D eigenvalue weighted by atomic mass is 127. The van der Waals surface area contributed by atoms with Crippen LogP contribution in [0.1, 0.15) is 16.8 Å². The Morgan fingerprint density at radius 2 is 1.66 bits per heavy atom. The summed E-state index contributed by atoms with van der Waals surface area (Å²) in [6.45, 7) is 0. The molecular formula is C24H17F2IN4O3S. The van der Waals surface area contributed by atoms with E-state index in [0.717, 1.165) is 31.7 Å². The molecule has 3 aromatic carbocycles. The van der Waals surface area contributed by atoms with E-state index < -0.39 is 35.4 Å². The second-order valence-corrected chi connectivity index (χ2v) is 9.14. The predicted molar refractivity (Wildman–Crippen MR) is 138 cm³/mol. The zero-order valence-electron chi connectivity index (χ0n) is 17.9. The molecule has 11 heteroatoms. The quantitative estimate of drug-likeness (QED) is 0.324. The first-order valence-electron chi connectivity index (χ1n) is 10.3. The molecule has 0 radical (unpaired) electrons. The lowest BCUT2D eigenvalue weighted by Gasteiger charge is -2.24. The maximum absolute atomic E-state index is 13.6. The molecule has 0 spiro atoms. The Labute approximate surface area is 218 Å². The van der Waals surface area contributed by atoms with Gasteiger partial charge in [-0.1, -0.05) is 6.07 Å². The Morgan fingerprint density at radius 3 is 2.31 bits per heavy atom. The van der Waals surface area contributed by atoms with Crippen LogP contribution in [-0.2, 0) is 9.59 Å². The molecule has 1 fully saturated rings. The number of carbonyl (C=O) groups is 3. The average Bonchev–Trinajstić information content (AvgIpc) is 3.05. The normalized spacial score (nSPS) is 15.3. The van der Waals surface area contributed by atoms with Gasteiger partial charge in [0.1, 0.15) is 17.7 Å². The van der Waals surface area contributed by atoms with Gasteiger partial charge in [-0.05, 0) is 102 Å². The fourth-order valence-corrected chi connectivity index (χ4v) is 4.18. The van der Waals surface area contributed by atoms with E-state index in [-0.39, 0.29) is 22.8 Å². The smallest absolute Gasteiger partial charge is 0.269 e. The Bertz CT molecular complexity index is 1300. The van der Waals surface area contributed by atoms with Gasteiger partial charge < -0.3 is 5.32 Å². The highest BCUT2D eigenvalue weighted by molar-refractivity contribution is 14.1. The number of benzene rings is 3. The molecule has 1 aliphatic rings. The van der Waals surface area contributed by atoms with Crippen LogP contribution in [0.25, 0.3) is 0 Å². The zero-order valence-corrected chi connectivity index (χ0v) is 20.8. The molecule has 0 aliphatic carbocycles. The predicted octanol–water partition coefficient (Wildman–Crippen LogP) is 4.25. The molecule has 0 bridgehead atoms. The molecule has 2 N–H and O–H groups in total. The lowest BCUT2D eigenvalue weighted by molar-refractivity contribution is -0.124. The number of hydrogen-bond donors (Lipinski definition) is 2. The fourth-order valence-electron chi connectivity index (χ4n) is 3.45. The molecule has 7 nitrogen and oxygen atoms in total. The molecule has 0 aromatic heterocycles. The molecule has 4 rings (SSSR count). The Kier molecular flexibility index (Phi) is 7.36. The van der Waals surface area contributed by atoms with Crippen LogP contribution >= 0.6 is 34.8 Å². The summed E-state index contributed by atoms with van der Waals surface area (Å²) in [7, 11) is 0. The Morgan fingerprint density at radius 1 is 0.971 bits per heavy atom. The van der Waals surface area contributed by atoms with Crippen molar-refractivity contribution in [2.24, 2.45) is 0 Å². The van der Waals surface area contributed by atoms with Gasteiger partial charge in [0.05, 0.1) is 12.1 Å². The summed E-state index contributed by atoms with van der Waals surface area (Å²) in [6.07, 6.45) is -0.341. The van der Waals surface area contributed by atoms with E-state index in [0.29, 0.717) is 5.69 Å². The summed E-state index contributed by atoms with van der Waals surface area (Å²) in [4.78, 5) is 40.0. The third kappa shape index (κ3) is 5.62. The monoisotopic (exact) mass is 606 g/mol. The molecule has 1 unspecified atom stereocenters. The van der Waals surface area contributed by atoms with Crippen LogP contribution in [-0.4, -0.2) is 33.9 Å². The van der Waals surface area contributed by atoms with Crippen LogP contribution < -0.4 is 15.6 Å². The topological polar surface area (TPSA) is 81.8 Å². The number of hydrogen-bond acceptors (Lipinski definition) is 4. The van der Waals surface area contributed by atoms with Crippen molar-refractivity contribution in [3.05, 3.63) is 93.6 Å². The number of hydrazine groups is 1. The van der Waals surface area contributed by atoms with Crippen molar-refractivity contribution < 1.29 is 23.2 Å². The molecule has 3 amide bonds. The van der Waals surface area contributed by atoms with Crippen LogP contribution in [0.5, 0.6) is 0 Å². The number of rotatable bonds is 6. The fraction of sp³-hybridized carbons (Fsp3) is 0.0833. The van der Waals surface area contributed by atoms with Gasteiger partial charge in [0, 0.05) is 14.8 Å². The Balaban J connectivity index is 1.60. The SMILES string of the molecule is O=C(CC1C(=O)N(c2ccc(F)cc2)C(=S)N1NC(=O)c1cccc(F)c1)Nc1ccc(I)cc1. The maximum Gasteiger partial charge on any atom is 0.269 e. The number of thiocarbonyl (C=S) groups is 1. The molecule has 1 aliphatic heterocycles. The average molecular weight is 606 g/mol. The van der Waals surface area contributed by atoms with Gasteiger partial charge in [-0.3, -0.25) is 24.7 Å². The third-order valence-electron chi connectivity index (χ3n) is 5.11. The second kappa shape index (κ2) is 10.4. The van der Waals surface area contributed by atoms with E-state index in [1.54, 1.807) is 12.1 Å². The third-order valence-corrected chi connectivity index (χ3v) is 6.21. The van der Waals surface area contributed by atoms with Crippen molar-refractivity contribution in [2.75, 3.05) is 10.2 Å². The standard InChI is InChI=1S/C24H17F2IN4O3S/c25-15-4-10-19(11-5-15)30-23(34)20(13-21(32)28-18-8-6-17(27)7-9-18)31(24(30)35)29-22(33)14-2-1-3-16(26)12-14/h1-12,20H,13H2,(H,28,32)(H,29,33). The maximum atomic E-state index is 13.6. The second-order valence-electron chi connectivity index (χ2n) is 7.53. The van der Waals surface area contributed by atoms with Gasteiger partial charge in [-0.15, -0.1) is 0 Å². The number of carbonyl (C=O) groups excluding carboxylic acids is 3. The number of halogens is 3. The van der Waals surface area contributed by atoms with Crippen LogP contribution in [0, 0.1) is 15.2 Å². The van der Waals surface area contributed by atoms with E-state index in [2.05, 4.69) is 33.3 Å². The summed E-state index contributed by atoms with van der Waals surface area (Å²) >= 11 is 7.57. The van der Waals surface area contributed by atoms with E-state index in [1.165, 1.54) is 30.3 Å². The minimum atomic E-state index is -1.19. The lowest BCUT2D eigenvalue weighted by Crippen LogP contribution is -2.49. The van der Waals surface area contributed by atoms with Crippen molar-refractivity contribution in [2.45, 2.75) is 12.5 Å². The lowest BCUT2D eigenvalue weighted by atomic mass is 10.1.